The van der Waals surface area contributed by atoms with Crippen LogP contribution < -0.4 is 5.32 Å². The SMILES string of the molecule is COC(=O)N1CC2CC(CNCC(=O)N3CCCC3C#N)CC2C1. The molecular formula is C17H26N4O3. The largest absolute Gasteiger partial charge is 0.453 e. The van der Waals surface area contributed by atoms with E-state index in [2.05, 4.69) is 11.4 Å². The summed E-state index contributed by atoms with van der Waals surface area (Å²) in [6.45, 7) is 3.45. The van der Waals surface area contributed by atoms with Crippen molar-refractivity contribution in [3.8, 4) is 6.07 Å². The van der Waals surface area contributed by atoms with Crippen LogP contribution in [0.25, 0.3) is 0 Å². The second kappa shape index (κ2) is 7.39. The van der Waals surface area contributed by atoms with Gasteiger partial charge in [0.1, 0.15) is 6.04 Å². The molecule has 1 aliphatic carbocycles. The fourth-order valence-electron chi connectivity index (χ4n) is 4.55. The Morgan fingerprint density at radius 1 is 1.29 bits per heavy atom. The molecular weight excluding hydrogens is 308 g/mol. The number of carbonyl (C=O) groups is 2. The standard InChI is InChI=1S/C17H26N4O3/c1-24-17(23)20-10-13-5-12(6-14(13)11-20)8-19-9-16(22)21-4-2-3-15(21)7-18/h12-15,19H,2-6,8-11H2,1H3. The van der Waals surface area contributed by atoms with Crippen LogP contribution in [0, 0.1) is 29.1 Å². The predicted molar refractivity (Wildman–Crippen MR) is 86.9 cm³/mol. The monoisotopic (exact) mass is 334 g/mol. The van der Waals surface area contributed by atoms with Crippen LogP contribution in [0.3, 0.4) is 0 Å². The first-order valence-corrected chi connectivity index (χ1v) is 8.85. The third-order valence-corrected chi connectivity index (χ3v) is 5.71. The number of nitriles is 1. The van der Waals surface area contributed by atoms with Crippen molar-refractivity contribution in [1.82, 2.24) is 15.1 Å². The molecule has 7 nitrogen and oxygen atoms in total. The number of nitrogens with zero attached hydrogens (tertiary/aromatic N) is 3. The third-order valence-electron chi connectivity index (χ3n) is 5.71. The van der Waals surface area contributed by atoms with Gasteiger partial charge in [0.25, 0.3) is 0 Å². The zero-order valence-corrected chi connectivity index (χ0v) is 14.2. The summed E-state index contributed by atoms with van der Waals surface area (Å²) in [7, 11) is 1.43. The summed E-state index contributed by atoms with van der Waals surface area (Å²) in [6.07, 6.45) is 3.70. The number of carbonyl (C=O) groups excluding carboxylic acids is 2. The zero-order chi connectivity index (χ0) is 17.1. The number of methoxy groups -OCH3 is 1. The van der Waals surface area contributed by atoms with Crippen LogP contribution in [0.15, 0.2) is 0 Å². The number of hydrogen-bond donors (Lipinski definition) is 1. The van der Waals surface area contributed by atoms with Gasteiger partial charge in [-0.1, -0.05) is 0 Å². The lowest BCUT2D eigenvalue weighted by Gasteiger charge is -2.21. The summed E-state index contributed by atoms with van der Waals surface area (Å²) in [5, 5.41) is 12.3. The first kappa shape index (κ1) is 17.0. The summed E-state index contributed by atoms with van der Waals surface area (Å²) in [4.78, 5) is 27.3. The molecule has 0 aromatic rings. The second-order valence-corrected chi connectivity index (χ2v) is 7.24. The molecule has 1 saturated carbocycles. The molecule has 1 N–H and O–H groups in total. The van der Waals surface area contributed by atoms with Gasteiger partial charge in [-0.2, -0.15) is 5.26 Å². The van der Waals surface area contributed by atoms with Crippen LogP contribution in [0.5, 0.6) is 0 Å². The summed E-state index contributed by atoms with van der Waals surface area (Å²) >= 11 is 0. The fraction of sp³-hybridized carbons (Fsp3) is 0.824. The van der Waals surface area contributed by atoms with Crippen LogP contribution in [-0.2, 0) is 9.53 Å². The van der Waals surface area contributed by atoms with Gasteiger partial charge in [-0.25, -0.2) is 4.79 Å². The smallest absolute Gasteiger partial charge is 0.409 e. The number of ether oxygens (including phenoxy) is 1. The Labute approximate surface area is 142 Å². The highest BCUT2D eigenvalue weighted by molar-refractivity contribution is 5.79. The Hall–Kier alpha value is -1.81. The number of nitrogens with one attached hydrogen (secondary N) is 1. The van der Waals surface area contributed by atoms with E-state index in [1.807, 2.05) is 0 Å². The maximum absolute atomic E-state index is 12.2. The van der Waals surface area contributed by atoms with E-state index >= 15 is 0 Å². The number of fused-ring (bicyclic) bond motifs is 1. The van der Waals surface area contributed by atoms with Crippen LogP contribution in [0.2, 0.25) is 0 Å². The molecule has 0 aromatic carbocycles. The number of rotatable bonds is 4. The van der Waals surface area contributed by atoms with E-state index in [1.54, 1.807) is 9.80 Å². The molecule has 3 atom stereocenters. The first-order valence-electron chi connectivity index (χ1n) is 8.85. The van der Waals surface area contributed by atoms with Crippen molar-refractivity contribution in [3.05, 3.63) is 0 Å². The maximum Gasteiger partial charge on any atom is 0.409 e. The lowest BCUT2D eigenvalue weighted by Crippen LogP contribution is -2.41. The lowest BCUT2D eigenvalue weighted by atomic mass is 10.0. The Bertz CT molecular complexity index is 518. The number of amides is 2. The van der Waals surface area contributed by atoms with Gasteiger partial charge in [-0.05, 0) is 50.0 Å². The van der Waals surface area contributed by atoms with Crippen LogP contribution in [-0.4, -0.2) is 67.7 Å². The Balaban J connectivity index is 1.37. The Morgan fingerprint density at radius 3 is 2.62 bits per heavy atom. The molecule has 0 bridgehead atoms. The van der Waals surface area contributed by atoms with Crippen molar-refractivity contribution in [1.29, 1.82) is 5.26 Å². The van der Waals surface area contributed by atoms with Crippen LogP contribution in [0.1, 0.15) is 25.7 Å². The van der Waals surface area contributed by atoms with E-state index in [0.717, 1.165) is 45.3 Å². The van der Waals surface area contributed by atoms with Gasteiger partial charge >= 0.3 is 6.09 Å². The molecule has 3 rings (SSSR count). The molecule has 2 saturated heterocycles. The predicted octanol–water partition coefficient (Wildman–Crippen LogP) is 0.815. The van der Waals surface area contributed by atoms with E-state index < -0.39 is 0 Å². The molecule has 0 radical (unpaired) electrons. The second-order valence-electron chi connectivity index (χ2n) is 7.24. The summed E-state index contributed by atoms with van der Waals surface area (Å²) in [6, 6.07) is 1.96. The fourth-order valence-corrected chi connectivity index (χ4v) is 4.55. The molecule has 2 heterocycles. The van der Waals surface area contributed by atoms with Crippen molar-refractivity contribution in [2.45, 2.75) is 31.7 Å². The highest BCUT2D eigenvalue weighted by Crippen LogP contribution is 2.41. The lowest BCUT2D eigenvalue weighted by molar-refractivity contribution is -0.130. The van der Waals surface area contributed by atoms with Crippen LogP contribution in [0.4, 0.5) is 4.79 Å². The van der Waals surface area contributed by atoms with Crippen molar-refractivity contribution in [2.24, 2.45) is 17.8 Å². The third kappa shape index (κ3) is 3.48. The van der Waals surface area contributed by atoms with Gasteiger partial charge < -0.3 is 19.9 Å². The van der Waals surface area contributed by atoms with Gasteiger partial charge in [0.2, 0.25) is 5.91 Å². The quantitative estimate of drug-likeness (QED) is 0.822. The average molecular weight is 334 g/mol. The van der Waals surface area contributed by atoms with E-state index in [1.165, 1.54) is 7.11 Å². The minimum absolute atomic E-state index is 0.0362. The van der Waals surface area contributed by atoms with Gasteiger partial charge in [0.15, 0.2) is 0 Å². The van der Waals surface area contributed by atoms with E-state index in [4.69, 9.17) is 10.00 Å². The number of likely N-dealkylation sites (tertiary alicyclic amines) is 2. The van der Waals surface area contributed by atoms with Gasteiger partial charge in [0.05, 0.1) is 19.7 Å². The molecule has 7 heteroatoms. The summed E-state index contributed by atoms with van der Waals surface area (Å²) in [5.41, 5.74) is 0. The van der Waals surface area contributed by atoms with E-state index in [-0.39, 0.29) is 18.0 Å². The molecule has 0 spiro atoms. The van der Waals surface area contributed by atoms with E-state index in [9.17, 15) is 9.59 Å². The minimum Gasteiger partial charge on any atom is -0.453 e. The maximum atomic E-state index is 12.2. The molecule has 24 heavy (non-hydrogen) atoms. The van der Waals surface area contributed by atoms with Gasteiger partial charge in [-0.15, -0.1) is 0 Å². The zero-order valence-electron chi connectivity index (χ0n) is 14.2. The molecule has 2 aliphatic heterocycles. The first-order chi connectivity index (χ1) is 11.6. The molecule has 3 unspecified atom stereocenters. The molecule has 3 aliphatic rings. The number of hydrogen-bond acceptors (Lipinski definition) is 5. The minimum atomic E-state index is -0.241. The topological polar surface area (TPSA) is 85.7 Å². The van der Waals surface area contributed by atoms with Crippen LogP contribution >= 0.6 is 0 Å². The molecule has 2 amide bonds. The van der Waals surface area contributed by atoms with Crippen molar-refractivity contribution in [3.63, 3.8) is 0 Å². The van der Waals surface area contributed by atoms with Crippen molar-refractivity contribution in [2.75, 3.05) is 39.8 Å². The summed E-state index contributed by atoms with van der Waals surface area (Å²) in [5.74, 6) is 1.73. The Kier molecular flexibility index (Phi) is 5.24. The highest BCUT2D eigenvalue weighted by Gasteiger charge is 2.42. The average Bonchev–Trinajstić information content (AvgIpc) is 3.27. The molecule has 132 valence electrons. The summed E-state index contributed by atoms with van der Waals surface area (Å²) < 4.78 is 4.79. The van der Waals surface area contributed by atoms with Crippen molar-refractivity contribution >= 4 is 12.0 Å². The molecule has 0 aromatic heterocycles. The van der Waals surface area contributed by atoms with Gasteiger partial charge in [0, 0.05) is 19.6 Å². The van der Waals surface area contributed by atoms with Crippen molar-refractivity contribution < 1.29 is 14.3 Å². The highest BCUT2D eigenvalue weighted by atomic mass is 16.5. The van der Waals surface area contributed by atoms with E-state index in [0.29, 0.717) is 30.8 Å². The normalized spacial score (nSPS) is 31.8. The molecule has 3 fully saturated rings. The van der Waals surface area contributed by atoms with Gasteiger partial charge in [-0.3, -0.25) is 4.79 Å². The Morgan fingerprint density at radius 2 is 2.00 bits per heavy atom.